The van der Waals surface area contributed by atoms with Crippen LogP contribution in [-0.4, -0.2) is 0 Å². The van der Waals surface area contributed by atoms with Gasteiger partial charge in [-0.15, -0.1) is 0 Å². The van der Waals surface area contributed by atoms with E-state index in [4.69, 9.17) is 0 Å². The highest BCUT2D eigenvalue weighted by Gasteiger charge is 2.06. The zero-order valence-corrected chi connectivity index (χ0v) is 11.0. The first-order valence-corrected chi connectivity index (χ1v) is 5.52. The smallest absolute Gasteiger partial charge is 0.0350 e. The van der Waals surface area contributed by atoms with Gasteiger partial charge in [-0.1, -0.05) is 15.9 Å². The molecule has 60 valence electrons. The van der Waals surface area contributed by atoms with Crippen LogP contribution >= 0.6 is 47.8 Å². The van der Waals surface area contributed by atoms with Gasteiger partial charge in [-0.25, -0.2) is 0 Å². The zero-order chi connectivity index (χ0) is 8.59. The normalized spacial score (nSPS) is 10.3. The summed E-state index contributed by atoms with van der Waals surface area (Å²) in [6.45, 7) is 4.19. The fourth-order valence-corrected chi connectivity index (χ4v) is 2.58. The van der Waals surface area contributed by atoms with E-state index in [0.29, 0.717) is 0 Å². The van der Waals surface area contributed by atoms with E-state index >= 15 is 0 Å². The molecule has 0 heterocycles. The molecule has 0 aliphatic heterocycles. The highest BCUT2D eigenvalue weighted by Crippen LogP contribution is 2.33. The largest absolute Gasteiger partial charge is 0.0505 e. The van der Waals surface area contributed by atoms with Crippen molar-refractivity contribution in [3.63, 3.8) is 0 Å². The Kier molecular flexibility index (Phi) is 3.18. The number of rotatable bonds is 0. The van der Waals surface area contributed by atoms with E-state index in [1.54, 1.807) is 0 Å². The summed E-state index contributed by atoms with van der Waals surface area (Å²) in [5, 5.41) is 0. The first-order valence-electron chi connectivity index (χ1n) is 3.14. The molecule has 0 N–H and O–H groups in total. The molecule has 0 radical (unpaired) electrons. The van der Waals surface area contributed by atoms with Crippen LogP contribution in [0.1, 0.15) is 11.1 Å². The molecule has 0 spiro atoms. The van der Waals surface area contributed by atoms with Crippen molar-refractivity contribution in [2.24, 2.45) is 0 Å². The highest BCUT2D eigenvalue weighted by atomic mass is 79.9. The third-order valence-electron chi connectivity index (χ3n) is 1.71. The topological polar surface area (TPSA) is 0 Å². The van der Waals surface area contributed by atoms with Crippen molar-refractivity contribution in [1.29, 1.82) is 0 Å². The second-order valence-corrected chi connectivity index (χ2v) is 4.91. The lowest BCUT2D eigenvalue weighted by Gasteiger charge is -2.07. The second-order valence-electron chi connectivity index (χ2n) is 2.40. The van der Waals surface area contributed by atoms with Crippen LogP contribution in [0, 0.1) is 13.8 Å². The molecule has 0 saturated carbocycles. The lowest BCUT2D eigenvalue weighted by Crippen LogP contribution is -1.85. The van der Waals surface area contributed by atoms with E-state index in [0.717, 1.165) is 13.4 Å². The second kappa shape index (κ2) is 3.58. The number of hydrogen-bond acceptors (Lipinski definition) is 0. The van der Waals surface area contributed by atoms with Gasteiger partial charge < -0.3 is 0 Å². The Morgan fingerprint density at radius 1 is 0.909 bits per heavy atom. The number of benzene rings is 1. The molecule has 0 aromatic heterocycles. The molecule has 0 amide bonds. The van der Waals surface area contributed by atoms with E-state index in [9.17, 15) is 0 Å². The van der Waals surface area contributed by atoms with Crippen molar-refractivity contribution >= 4 is 47.8 Å². The quantitative estimate of drug-likeness (QED) is 0.605. The van der Waals surface area contributed by atoms with Crippen LogP contribution in [0.3, 0.4) is 0 Å². The van der Waals surface area contributed by atoms with Crippen LogP contribution in [-0.2, 0) is 0 Å². The molecule has 1 aromatic carbocycles. The van der Waals surface area contributed by atoms with Crippen LogP contribution in [0.5, 0.6) is 0 Å². The van der Waals surface area contributed by atoms with Crippen molar-refractivity contribution in [2.45, 2.75) is 13.8 Å². The molecule has 0 aliphatic rings. The molecule has 1 rings (SSSR count). The monoisotopic (exact) mass is 340 g/mol. The molecule has 0 bridgehead atoms. The van der Waals surface area contributed by atoms with Crippen LogP contribution in [0.4, 0.5) is 0 Å². The van der Waals surface area contributed by atoms with Crippen molar-refractivity contribution in [3.05, 3.63) is 30.6 Å². The van der Waals surface area contributed by atoms with Gasteiger partial charge in [0.1, 0.15) is 0 Å². The summed E-state index contributed by atoms with van der Waals surface area (Å²) in [6.07, 6.45) is 0. The lowest BCUT2D eigenvalue weighted by atomic mass is 10.1. The van der Waals surface area contributed by atoms with Crippen molar-refractivity contribution in [2.75, 3.05) is 0 Å². The van der Waals surface area contributed by atoms with Crippen LogP contribution in [0.25, 0.3) is 0 Å². The maximum Gasteiger partial charge on any atom is 0.0350 e. The summed E-state index contributed by atoms with van der Waals surface area (Å²) in [4.78, 5) is 0. The zero-order valence-electron chi connectivity index (χ0n) is 6.21. The Balaban J connectivity index is 3.46. The molecule has 0 atom stereocenters. The Hall–Kier alpha value is 0.660. The first kappa shape index (κ1) is 9.75. The van der Waals surface area contributed by atoms with Crippen molar-refractivity contribution in [3.8, 4) is 0 Å². The Morgan fingerprint density at radius 2 is 1.45 bits per heavy atom. The van der Waals surface area contributed by atoms with E-state index in [2.05, 4.69) is 61.6 Å². The molecule has 0 unspecified atom stereocenters. The molecule has 0 aliphatic carbocycles. The van der Waals surface area contributed by atoms with Crippen molar-refractivity contribution < 1.29 is 0 Å². The highest BCUT2D eigenvalue weighted by molar-refractivity contribution is 9.13. The van der Waals surface area contributed by atoms with E-state index < -0.39 is 0 Å². The minimum atomic E-state index is 1.09. The fourth-order valence-electron chi connectivity index (χ4n) is 0.806. The van der Waals surface area contributed by atoms with Gasteiger partial charge >= 0.3 is 0 Å². The maximum absolute atomic E-state index is 3.50. The summed E-state index contributed by atoms with van der Waals surface area (Å²) in [7, 11) is 0. The summed E-state index contributed by atoms with van der Waals surface area (Å²) in [5.41, 5.74) is 2.55. The molecule has 1 aromatic rings. The molecular weight excluding hydrogens is 336 g/mol. The Bertz CT molecular complexity index is 266. The van der Waals surface area contributed by atoms with Crippen LogP contribution < -0.4 is 0 Å². The van der Waals surface area contributed by atoms with Gasteiger partial charge in [-0.3, -0.25) is 0 Å². The predicted molar refractivity (Wildman–Crippen MR) is 59.0 cm³/mol. The average Bonchev–Trinajstić information content (AvgIpc) is 1.97. The number of halogens is 3. The van der Waals surface area contributed by atoms with E-state index in [-0.39, 0.29) is 0 Å². The van der Waals surface area contributed by atoms with Gasteiger partial charge in [-0.05, 0) is 62.9 Å². The molecule has 0 saturated heterocycles. The minimum absolute atomic E-state index is 1.09. The van der Waals surface area contributed by atoms with E-state index in [1.807, 2.05) is 6.07 Å². The molecule has 0 fully saturated rings. The van der Waals surface area contributed by atoms with Gasteiger partial charge in [0.05, 0.1) is 0 Å². The fraction of sp³-hybridized carbons (Fsp3) is 0.250. The molecular formula is C8H7Br3. The SMILES string of the molecule is Cc1c(Br)cc(Br)c(Br)c1C. The van der Waals surface area contributed by atoms with E-state index in [1.165, 1.54) is 11.1 Å². The lowest BCUT2D eigenvalue weighted by molar-refractivity contribution is 1.28. The Morgan fingerprint density at radius 3 is 2.00 bits per heavy atom. The van der Waals surface area contributed by atoms with Gasteiger partial charge in [0.15, 0.2) is 0 Å². The molecule has 0 nitrogen and oxygen atoms in total. The summed E-state index contributed by atoms with van der Waals surface area (Å²) >= 11 is 10.4. The summed E-state index contributed by atoms with van der Waals surface area (Å²) in [6, 6.07) is 2.05. The Labute approximate surface area is 91.8 Å². The van der Waals surface area contributed by atoms with Crippen molar-refractivity contribution in [1.82, 2.24) is 0 Å². The average molecular weight is 343 g/mol. The number of hydrogen-bond donors (Lipinski definition) is 0. The minimum Gasteiger partial charge on any atom is -0.0505 e. The standard InChI is InChI=1S/C8H7Br3/c1-4-5(2)8(11)7(10)3-6(4)9/h3H,1-2H3. The predicted octanol–water partition coefficient (Wildman–Crippen LogP) is 4.59. The molecule has 3 heteroatoms. The summed E-state index contributed by atoms with van der Waals surface area (Å²) in [5.74, 6) is 0. The summed E-state index contributed by atoms with van der Waals surface area (Å²) < 4.78 is 3.37. The van der Waals surface area contributed by atoms with Gasteiger partial charge in [0, 0.05) is 13.4 Å². The third-order valence-corrected chi connectivity index (χ3v) is 4.72. The maximum atomic E-state index is 3.50. The van der Waals surface area contributed by atoms with Crippen LogP contribution in [0.2, 0.25) is 0 Å². The van der Waals surface area contributed by atoms with Crippen LogP contribution in [0.15, 0.2) is 19.5 Å². The van der Waals surface area contributed by atoms with Gasteiger partial charge in [0.2, 0.25) is 0 Å². The van der Waals surface area contributed by atoms with Gasteiger partial charge in [-0.2, -0.15) is 0 Å². The van der Waals surface area contributed by atoms with Gasteiger partial charge in [0.25, 0.3) is 0 Å². The first-order chi connectivity index (χ1) is 5.04. The third kappa shape index (κ3) is 1.87. The molecule has 11 heavy (non-hydrogen) atoms.